The lowest BCUT2D eigenvalue weighted by molar-refractivity contribution is 0.0697. The number of hydrogen-bond acceptors (Lipinski definition) is 5. The number of benzene rings is 2. The second-order valence-electron chi connectivity index (χ2n) is 4.65. The number of methoxy groups -OCH3 is 1. The van der Waals surface area contributed by atoms with Gasteiger partial charge in [0.1, 0.15) is 5.75 Å². The minimum absolute atomic E-state index is 0.162. The van der Waals surface area contributed by atoms with E-state index >= 15 is 0 Å². The second-order valence-corrected chi connectivity index (χ2v) is 5.50. The Kier molecular flexibility index (Phi) is 4.12. The zero-order valence-corrected chi connectivity index (χ0v) is 13.6. The zero-order valence-electron chi connectivity index (χ0n) is 12.0. The van der Waals surface area contributed by atoms with Crippen LogP contribution in [-0.2, 0) is 0 Å². The van der Waals surface area contributed by atoms with Crippen LogP contribution in [0.15, 0.2) is 51.4 Å². The Morgan fingerprint density at radius 3 is 2.43 bits per heavy atom. The number of carbonyl (C=O) groups is 1. The Morgan fingerprint density at radius 2 is 1.83 bits per heavy atom. The molecule has 0 radical (unpaired) electrons. The van der Waals surface area contributed by atoms with Gasteiger partial charge in [-0.2, -0.15) is 0 Å². The van der Waals surface area contributed by atoms with E-state index in [2.05, 4.69) is 26.1 Å². The van der Waals surface area contributed by atoms with Gasteiger partial charge < -0.3 is 14.3 Å². The van der Waals surface area contributed by atoms with Gasteiger partial charge in [0.2, 0.25) is 11.8 Å². The molecule has 0 aliphatic rings. The van der Waals surface area contributed by atoms with Crippen LogP contribution in [0.3, 0.4) is 0 Å². The van der Waals surface area contributed by atoms with Crippen LogP contribution in [0.4, 0.5) is 0 Å². The molecular weight excluding hydrogens is 364 g/mol. The summed E-state index contributed by atoms with van der Waals surface area (Å²) in [6, 6.07) is 11.7. The molecule has 0 amide bonds. The van der Waals surface area contributed by atoms with Crippen molar-refractivity contribution in [2.24, 2.45) is 0 Å². The molecule has 6 nitrogen and oxygen atoms in total. The van der Waals surface area contributed by atoms with Crippen LogP contribution in [0.2, 0.25) is 0 Å². The van der Waals surface area contributed by atoms with Crippen LogP contribution in [0, 0.1) is 0 Å². The maximum absolute atomic E-state index is 11.0. The fourth-order valence-electron chi connectivity index (χ4n) is 2.04. The van der Waals surface area contributed by atoms with Gasteiger partial charge in [-0.3, -0.25) is 0 Å². The van der Waals surface area contributed by atoms with Crippen molar-refractivity contribution in [3.8, 4) is 28.7 Å². The van der Waals surface area contributed by atoms with E-state index in [1.807, 2.05) is 6.07 Å². The fraction of sp³-hybridized carbons (Fsp3) is 0.0625. The van der Waals surface area contributed by atoms with Crippen LogP contribution in [0.5, 0.6) is 5.75 Å². The molecule has 0 atom stereocenters. The van der Waals surface area contributed by atoms with Crippen molar-refractivity contribution in [3.63, 3.8) is 0 Å². The number of aromatic nitrogens is 2. The maximum atomic E-state index is 11.0. The van der Waals surface area contributed by atoms with E-state index in [9.17, 15) is 4.79 Å². The third-order valence-corrected chi connectivity index (χ3v) is 3.80. The molecule has 0 fully saturated rings. The molecule has 116 valence electrons. The number of halogens is 1. The smallest absolute Gasteiger partial charge is 0.335 e. The van der Waals surface area contributed by atoms with Crippen molar-refractivity contribution in [2.75, 3.05) is 7.11 Å². The average molecular weight is 375 g/mol. The molecule has 2 aromatic carbocycles. The molecule has 7 heteroatoms. The molecule has 0 aliphatic heterocycles. The SMILES string of the molecule is COc1ccc(-c2nnc(-c3cccc(C(=O)O)c3)o2)cc1Br. The monoisotopic (exact) mass is 374 g/mol. The van der Waals surface area contributed by atoms with E-state index < -0.39 is 5.97 Å². The van der Waals surface area contributed by atoms with E-state index in [-0.39, 0.29) is 11.5 Å². The van der Waals surface area contributed by atoms with Gasteiger partial charge in [-0.15, -0.1) is 10.2 Å². The first-order valence-electron chi connectivity index (χ1n) is 6.59. The Balaban J connectivity index is 1.96. The lowest BCUT2D eigenvalue weighted by Gasteiger charge is -2.03. The highest BCUT2D eigenvalue weighted by Gasteiger charge is 2.13. The normalized spacial score (nSPS) is 10.5. The van der Waals surface area contributed by atoms with Gasteiger partial charge in [-0.05, 0) is 52.3 Å². The number of nitrogens with zero attached hydrogens (tertiary/aromatic N) is 2. The third-order valence-electron chi connectivity index (χ3n) is 3.18. The largest absolute Gasteiger partial charge is 0.496 e. The molecule has 23 heavy (non-hydrogen) atoms. The van der Waals surface area contributed by atoms with Crippen LogP contribution >= 0.6 is 15.9 Å². The predicted octanol–water partition coefficient (Wildman–Crippen LogP) is 3.87. The van der Waals surface area contributed by atoms with E-state index in [4.69, 9.17) is 14.3 Å². The highest BCUT2D eigenvalue weighted by Crippen LogP contribution is 2.31. The number of rotatable bonds is 4. The topological polar surface area (TPSA) is 85.5 Å². The summed E-state index contributed by atoms with van der Waals surface area (Å²) < 4.78 is 11.6. The molecule has 1 heterocycles. The number of carboxylic acids is 1. The minimum Gasteiger partial charge on any atom is -0.496 e. The molecule has 0 bridgehead atoms. The second kappa shape index (κ2) is 6.21. The third kappa shape index (κ3) is 3.09. The summed E-state index contributed by atoms with van der Waals surface area (Å²) in [5.74, 6) is 0.285. The van der Waals surface area contributed by atoms with Gasteiger partial charge >= 0.3 is 5.97 Å². The van der Waals surface area contributed by atoms with Crippen LogP contribution in [0.1, 0.15) is 10.4 Å². The molecule has 3 aromatic rings. The molecule has 3 rings (SSSR count). The van der Waals surface area contributed by atoms with Crippen molar-refractivity contribution in [2.45, 2.75) is 0 Å². The van der Waals surface area contributed by atoms with Crippen molar-refractivity contribution in [1.82, 2.24) is 10.2 Å². The molecule has 0 saturated carbocycles. The Labute approximate surface area is 139 Å². The van der Waals surface area contributed by atoms with Crippen LogP contribution in [-0.4, -0.2) is 28.4 Å². The standard InChI is InChI=1S/C16H11BrN2O4/c1-22-13-6-5-10(8-12(13)17)15-19-18-14(23-15)9-3-2-4-11(7-9)16(20)21/h2-8H,1H3,(H,20,21). The fourth-order valence-corrected chi connectivity index (χ4v) is 2.58. The van der Waals surface area contributed by atoms with Crippen LogP contribution in [0.25, 0.3) is 22.9 Å². The summed E-state index contributed by atoms with van der Waals surface area (Å²) in [6.07, 6.45) is 0. The van der Waals surface area contributed by atoms with Gasteiger partial charge in [-0.1, -0.05) is 6.07 Å². The van der Waals surface area contributed by atoms with Gasteiger partial charge in [0.15, 0.2) is 0 Å². The molecule has 1 aromatic heterocycles. The number of aromatic carboxylic acids is 1. The van der Waals surface area contributed by atoms with Gasteiger partial charge in [-0.25, -0.2) is 4.79 Å². The van der Waals surface area contributed by atoms with E-state index in [1.165, 1.54) is 12.1 Å². The summed E-state index contributed by atoms with van der Waals surface area (Å²) in [5.41, 5.74) is 1.44. The van der Waals surface area contributed by atoms with Crippen LogP contribution < -0.4 is 4.74 Å². The van der Waals surface area contributed by atoms with Crippen molar-refractivity contribution in [1.29, 1.82) is 0 Å². The molecular formula is C16H11BrN2O4. The molecule has 0 unspecified atom stereocenters. The van der Waals surface area contributed by atoms with Gasteiger partial charge in [0.25, 0.3) is 0 Å². The molecule has 0 spiro atoms. The molecule has 0 aliphatic carbocycles. The number of carboxylic acid groups (broad SMARTS) is 1. The van der Waals surface area contributed by atoms with Crippen molar-refractivity contribution >= 4 is 21.9 Å². The average Bonchev–Trinajstić information content (AvgIpc) is 3.05. The first-order chi connectivity index (χ1) is 11.1. The molecule has 0 saturated heterocycles. The Bertz CT molecular complexity index is 876. The van der Waals surface area contributed by atoms with Gasteiger partial charge in [0.05, 0.1) is 17.1 Å². The summed E-state index contributed by atoms with van der Waals surface area (Å²) in [4.78, 5) is 11.0. The van der Waals surface area contributed by atoms with Gasteiger partial charge in [0, 0.05) is 11.1 Å². The Morgan fingerprint density at radius 1 is 1.13 bits per heavy atom. The maximum Gasteiger partial charge on any atom is 0.335 e. The van der Waals surface area contributed by atoms with E-state index in [1.54, 1.807) is 31.4 Å². The number of hydrogen-bond donors (Lipinski definition) is 1. The summed E-state index contributed by atoms with van der Waals surface area (Å²) in [5, 5.41) is 17.0. The minimum atomic E-state index is -1.01. The van der Waals surface area contributed by atoms with E-state index in [0.717, 1.165) is 10.0 Å². The number of ether oxygens (including phenoxy) is 1. The summed E-state index contributed by atoms with van der Waals surface area (Å²) in [6.45, 7) is 0. The first kappa shape index (κ1) is 15.2. The summed E-state index contributed by atoms with van der Waals surface area (Å²) >= 11 is 3.40. The zero-order chi connectivity index (χ0) is 16.4. The molecule has 1 N–H and O–H groups in total. The Hall–Kier alpha value is -2.67. The van der Waals surface area contributed by atoms with E-state index in [0.29, 0.717) is 17.2 Å². The lowest BCUT2D eigenvalue weighted by atomic mass is 10.1. The lowest BCUT2D eigenvalue weighted by Crippen LogP contribution is -1.95. The van der Waals surface area contributed by atoms with Crippen molar-refractivity contribution < 1.29 is 19.1 Å². The predicted molar refractivity (Wildman–Crippen MR) is 86.4 cm³/mol. The highest BCUT2D eigenvalue weighted by atomic mass is 79.9. The quantitative estimate of drug-likeness (QED) is 0.745. The highest BCUT2D eigenvalue weighted by molar-refractivity contribution is 9.10. The summed E-state index contributed by atoms with van der Waals surface area (Å²) in [7, 11) is 1.58. The van der Waals surface area contributed by atoms with Crippen molar-refractivity contribution in [3.05, 3.63) is 52.5 Å². The first-order valence-corrected chi connectivity index (χ1v) is 7.39.